The summed E-state index contributed by atoms with van der Waals surface area (Å²) in [7, 11) is 1.67. The molecule has 3 rings (SSSR count). The highest BCUT2D eigenvalue weighted by atomic mass is 19.4. The zero-order valence-electron chi connectivity index (χ0n) is 17.9. The molecule has 10 heteroatoms. The maximum atomic E-state index is 13.3. The highest BCUT2D eigenvalue weighted by Gasteiger charge is 2.37. The Balaban J connectivity index is 1.66. The number of hydrogen-bond donors (Lipinski definition) is 2. The Morgan fingerprint density at radius 1 is 1.26 bits per heavy atom. The van der Waals surface area contributed by atoms with Crippen molar-refractivity contribution in [1.82, 2.24) is 25.4 Å². The van der Waals surface area contributed by atoms with Crippen LogP contribution in [0.5, 0.6) is 0 Å². The number of aliphatic imine (C=N–C) groups is 1. The largest absolute Gasteiger partial charge is 0.416 e. The number of ether oxygens (including phenoxy) is 1. The Bertz CT molecular complexity index is 874. The van der Waals surface area contributed by atoms with E-state index in [2.05, 4.69) is 25.8 Å². The molecular weight excluding hydrogens is 409 g/mol. The summed E-state index contributed by atoms with van der Waals surface area (Å²) < 4.78 is 47.2. The molecule has 0 radical (unpaired) electrons. The van der Waals surface area contributed by atoms with Gasteiger partial charge in [0.1, 0.15) is 12.2 Å². The summed E-state index contributed by atoms with van der Waals surface area (Å²) in [6.07, 6.45) is -0.597. The van der Waals surface area contributed by atoms with E-state index in [0.29, 0.717) is 57.2 Å². The zero-order valence-corrected chi connectivity index (χ0v) is 17.9. The topological polar surface area (TPSA) is 76.4 Å². The van der Waals surface area contributed by atoms with E-state index in [9.17, 15) is 13.2 Å². The van der Waals surface area contributed by atoms with Gasteiger partial charge >= 0.3 is 6.18 Å². The summed E-state index contributed by atoms with van der Waals surface area (Å²) in [6, 6.07) is 5.63. The van der Waals surface area contributed by atoms with Crippen LogP contribution in [0.15, 0.2) is 35.6 Å². The molecule has 0 aliphatic carbocycles. The lowest BCUT2D eigenvalue weighted by molar-refractivity contribution is -0.137. The van der Waals surface area contributed by atoms with Gasteiger partial charge in [0.05, 0.1) is 5.56 Å². The molecule has 170 valence electrons. The standard InChI is InChI=1S/C21H29F3N6O/c1-3-18-29-28-15-30(18)10-9-26-19(25-2)27-14-20(7-11-31-12-8-20)16-5-4-6-17(13-16)21(22,23)24/h4-6,13,15H,3,7-12,14H2,1-2H3,(H2,25,26,27). The fourth-order valence-corrected chi connectivity index (χ4v) is 3.86. The van der Waals surface area contributed by atoms with Crippen LogP contribution in [0.3, 0.4) is 0 Å². The summed E-state index contributed by atoms with van der Waals surface area (Å²) in [5.74, 6) is 1.51. The minimum Gasteiger partial charge on any atom is -0.381 e. The van der Waals surface area contributed by atoms with E-state index in [1.807, 2.05) is 11.5 Å². The number of halogens is 3. The molecule has 1 aromatic heterocycles. The van der Waals surface area contributed by atoms with E-state index < -0.39 is 17.2 Å². The van der Waals surface area contributed by atoms with Gasteiger partial charge in [-0.05, 0) is 24.5 Å². The smallest absolute Gasteiger partial charge is 0.381 e. The average Bonchev–Trinajstić information content (AvgIpc) is 3.24. The highest BCUT2D eigenvalue weighted by molar-refractivity contribution is 5.79. The number of hydrogen-bond acceptors (Lipinski definition) is 4. The number of alkyl halides is 3. The first-order valence-electron chi connectivity index (χ1n) is 10.4. The fourth-order valence-electron chi connectivity index (χ4n) is 3.86. The van der Waals surface area contributed by atoms with Crippen molar-refractivity contribution in [2.75, 3.05) is 33.4 Å². The minimum atomic E-state index is -4.37. The molecule has 1 aromatic carbocycles. The summed E-state index contributed by atoms with van der Waals surface area (Å²) in [5.41, 5.74) is -0.412. The van der Waals surface area contributed by atoms with Crippen LogP contribution in [0.25, 0.3) is 0 Å². The summed E-state index contributed by atoms with van der Waals surface area (Å²) in [4.78, 5) is 4.26. The SMILES string of the molecule is CCc1nncn1CCNC(=NC)NCC1(c2cccc(C(F)(F)F)c2)CCOCC1. The second-order valence-corrected chi connectivity index (χ2v) is 7.62. The van der Waals surface area contributed by atoms with Gasteiger partial charge in [-0.25, -0.2) is 0 Å². The Labute approximate surface area is 180 Å². The van der Waals surface area contributed by atoms with Crippen LogP contribution in [0, 0.1) is 0 Å². The van der Waals surface area contributed by atoms with Crippen LogP contribution < -0.4 is 10.6 Å². The number of benzene rings is 1. The molecule has 2 aromatic rings. The highest BCUT2D eigenvalue weighted by Crippen LogP contribution is 2.37. The molecule has 2 heterocycles. The lowest BCUT2D eigenvalue weighted by Crippen LogP contribution is -2.48. The third-order valence-electron chi connectivity index (χ3n) is 5.73. The number of aromatic nitrogens is 3. The predicted octanol–water partition coefficient (Wildman–Crippen LogP) is 2.77. The lowest BCUT2D eigenvalue weighted by atomic mass is 9.73. The van der Waals surface area contributed by atoms with Crippen LogP contribution in [0.1, 0.15) is 36.7 Å². The van der Waals surface area contributed by atoms with Gasteiger partial charge in [-0.1, -0.05) is 25.1 Å². The van der Waals surface area contributed by atoms with Crippen LogP contribution in [-0.2, 0) is 29.3 Å². The van der Waals surface area contributed by atoms with Crippen molar-refractivity contribution in [3.05, 3.63) is 47.5 Å². The van der Waals surface area contributed by atoms with E-state index in [4.69, 9.17) is 4.74 Å². The fraction of sp³-hybridized carbons (Fsp3) is 0.571. The average molecular weight is 438 g/mol. The Morgan fingerprint density at radius 2 is 2.03 bits per heavy atom. The zero-order chi connectivity index (χ0) is 22.3. The van der Waals surface area contributed by atoms with E-state index in [1.54, 1.807) is 19.4 Å². The molecule has 0 spiro atoms. The molecule has 1 saturated heterocycles. The van der Waals surface area contributed by atoms with Gasteiger partial charge in [0.15, 0.2) is 5.96 Å². The van der Waals surface area contributed by atoms with Crippen LogP contribution >= 0.6 is 0 Å². The van der Waals surface area contributed by atoms with Gasteiger partial charge in [-0.15, -0.1) is 10.2 Å². The van der Waals surface area contributed by atoms with Crippen molar-refractivity contribution in [3.8, 4) is 0 Å². The van der Waals surface area contributed by atoms with Crippen molar-refractivity contribution in [2.24, 2.45) is 4.99 Å². The van der Waals surface area contributed by atoms with E-state index >= 15 is 0 Å². The molecule has 0 bridgehead atoms. The molecule has 1 aliphatic rings. The predicted molar refractivity (Wildman–Crippen MR) is 112 cm³/mol. The Kier molecular flexibility index (Phi) is 7.53. The van der Waals surface area contributed by atoms with Gasteiger partial charge in [0, 0.05) is 51.7 Å². The van der Waals surface area contributed by atoms with Gasteiger partial charge in [0.25, 0.3) is 0 Å². The maximum Gasteiger partial charge on any atom is 0.416 e. The number of nitrogens with one attached hydrogen (secondary N) is 2. The van der Waals surface area contributed by atoms with E-state index in [1.165, 1.54) is 12.1 Å². The Morgan fingerprint density at radius 3 is 2.71 bits per heavy atom. The minimum absolute atomic E-state index is 0.458. The second kappa shape index (κ2) is 10.1. The van der Waals surface area contributed by atoms with Crippen LogP contribution in [-0.4, -0.2) is 54.1 Å². The normalized spacial score (nSPS) is 16.9. The first-order valence-corrected chi connectivity index (χ1v) is 10.4. The van der Waals surface area contributed by atoms with Crippen molar-refractivity contribution in [1.29, 1.82) is 0 Å². The molecule has 2 N–H and O–H groups in total. The van der Waals surface area contributed by atoms with Gasteiger partial charge < -0.3 is 19.9 Å². The lowest BCUT2D eigenvalue weighted by Gasteiger charge is -2.38. The van der Waals surface area contributed by atoms with Crippen LogP contribution in [0.4, 0.5) is 13.2 Å². The molecule has 7 nitrogen and oxygen atoms in total. The monoisotopic (exact) mass is 438 g/mol. The first kappa shape index (κ1) is 23.1. The van der Waals surface area contributed by atoms with Crippen molar-refractivity contribution in [2.45, 2.75) is 44.3 Å². The van der Waals surface area contributed by atoms with Crippen molar-refractivity contribution in [3.63, 3.8) is 0 Å². The Hall–Kier alpha value is -2.62. The molecule has 0 amide bonds. The third-order valence-corrected chi connectivity index (χ3v) is 5.73. The van der Waals surface area contributed by atoms with E-state index in [0.717, 1.165) is 18.3 Å². The van der Waals surface area contributed by atoms with E-state index in [-0.39, 0.29) is 0 Å². The number of aryl methyl sites for hydroxylation is 1. The first-order chi connectivity index (χ1) is 14.9. The molecule has 0 atom stereocenters. The van der Waals surface area contributed by atoms with Crippen molar-refractivity contribution >= 4 is 5.96 Å². The number of rotatable bonds is 7. The molecule has 1 aliphatic heterocycles. The van der Waals surface area contributed by atoms with Gasteiger partial charge in [-0.2, -0.15) is 13.2 Å². The van der Waals surface area contributed by atoms with Crippen molar-refractivity contribution < 1.29 is 17.9 Å². The van der Waals surface area contributed by atoms with Gasteiger partial charge in [-0.3, -0.25) is 4.99 Å². The molecule has 0 saturated carbocycles. The summed E-state index contributed by atoms with van der Waals surface area (Å²) in [6.45, 7) is 4.81. The summed E-state index contributed by atoms with van der Waals surface area (Å²) in [5, 5.41) is 14.5. The number of guanidine groups is 1. The maximum absolute atomic E-state index is 13.3. The molecule has 31 heavy (non-hydrogen) atoms. The number of nitrogens with zero attached hydrogens (tertiary/aromatic N) is 4. The quantitative estimate of drug-likeness (QED) is 0.514. The molecular formula is C21H29F3N6O. The van der Waals surface area contributed by atoms with Crippen LogP contribution in [0.2, 0.25) is 0 Å². The molecule has 1 fully saturated rings. The van der Waals surface area contributed by atoms with Gasteiger partial charge in [0.2, 0.25) is 0 Å². The third kappa shape index (κ3) is 5.75. The molecule has 0 unspecified atom stereocenters. The second-order valence-electron chi connectivity index (χ2n) is 7.62. The summed E-state index contributed by atoms with van der Waals surface area (Å²) >= 11 is 0.